The minimum absolute atomic E-state index is 0.219. The van der Waals surface area contributed by atoms with E-state index in [9.17, 15) is 0 Å². The molecule has 17 heavy (non-hydrogen) atoms. The van der Waals surface area contributed by atoms with Crippen LogP contribution < -0.4 is 4.74 Å². The van der Waals surface area contributed by atoms with Crippen LogP contribution in [0.4, 0.5) is 0 Å². The summed E-state index contributed by atoms with van der Waals surface area (Å²) in [7, 11) is 0. The molecule has 1 aliphatic carbocycles. The van der Waals surface area contributed by atoms with E-state index in [-0.39, 0.29) is 5.60 Å². The van der Waals surface area contributed by atoms with Crippen molar-refractivity contribution in [2.75, 3.05) is 0 Å². The number of nitrogens with zero attached hydrogens (tertiary/aromatic N) is 2. The number of hydrogen-bond acceptors (Lipinski definition) is 3. The second-order valence-corrected chi connectivity index (χ2v) is 5.65. The van der Waals surface area contributed by atoms with Gasteiger partial charge in [-0.05, 0) is 40.0 Å². The Bertz CT molecular complexity index is 428. The van der Waals surface area contributed by atoms with Crippen molar-refractivity contribution < 1.29 is 4.74 Å². The second-order valence-electron chi connectivity index (χ2n) is 5.29. The van der Waals surface area contributed by atoms with Crippen molar-refractivity contribution in [3.63, 3.8) is 0 Å². The Labute approximate surface area is 108 Å². The van der Waals surface area contributed by atoms with Gasteiger partial charge in [0.2, 0.25) is 5.88 Å². The number of ether oxygens (including phenoxy) is 1. The molecule has 0 amide bonds. The highest BCUT2D eigenvalue weighted by Gasteiger charge is 2.29. The smallest absolute Gasteiger partial charge is 0.221 e. The first-order valence-electron chi connectivity index (χ1n) is 6.16. The zero-order valence-electron chi connectivity index (χ0n) is 10.9. The molecule has 0 aromatic carbocycles. The van der Waals surface area contributed by atoms with E-state index >= 15 is 0 Å². The summed E-state index contributed by atoms with van der Waals surface area (Å²) in [5.41, 5.74) is 0.612. The molecule has 94 valence electrons. The standard InChI is InChI=1S/C13H19ClN2O/c1-5-13(3,4)17-12-8(2)10(14)15-11(16-12)9-6-7-9/h9H,5-7H2,1-4H3. The second kappa shape index (κ2) is 4.45. The number of rotatable bonds is 4. The van der Waals surface area contributed by atoms with Gasteiger partial charge in [0.05, 0.1) is 0 Å². The lowest BCUT2D eigenvalue weighted by atomic mass is 10.1. The number of halogens is 1. The van der Waals surface area contributed by atoms with Crippen molar-refractivity contribution in [3.05, 3.63) is 16.5 Å². The molecule has 2 rings (SSSR count). The first-order chi connectivity index (χ1) is 7.93. The van der Waals surface area contributed by atoms with Gasteiger partial charge in [-0.2, -0.15) is 4.98 Å². The van der Waals surface area contributed by atoms with Crippen molar-refractivity contribution in [2.24, 2.45) is 0 Å². The van der Waals surface area contributed by atoms with Crippen LogP contribution in [0.15, 0.2) is 0 Å². The zero-order valence-corrected chi connectivity index (χ0v) is 11.6. The Balaban J connectivity index is 2.31. The van der Waals surface area contributed by atoms with Gasteiger partial charge in [-0.1, -0.05) is 18.5 Å². The van der Waals surface area contributed by atoms with Crippen molar-refractivity contribution in [1.82, 2.24) is 9.97 Å². The molecule has 0 atom stereocenters. The Hall–Kier alpha value is -0.830. The van der Waals surface area contributed by atoms with Crippen LogP contribution in [0.3, 0.4) is 0 Å². The molecule has 0 radical (unpaired) electrons. The molecule has 1 aliphatic rings. The van der Waals surface area contributed by atoms with Crippen molar-refractivity contribution >= 4 is 11.6 Å². The van der Waals surface area contributed by atoms with Crippen LogP contribution in [0.1, 0.15) is 57.3 Å². The molecule has 1 fully saturated rings. The van der Waals surface area contributed by atoms with E-state index in [2.05, 4.69) is 30.7 Å². The molecule has 0 saturated heterocycles. The predicted octanol–water partition coefficient (Wildman–Crippen LogP) is 3.88. The third kappa shape index (κ3) is 2.89. The largest absolute Gasteiger partial charge is 0.471 e. The van der Waals surface area contributed by atoms with Crippen LogP contribution in [-0.4, -0.2) is 15.6 Å². The highest BCUT2D eigenvalue weighted by molar-refractivity contribution is 6.30. The minimum Gasteiger partial charge on any atom is -0.471 e. The van der Waals surface area contributed by atoms with Gasteiger partial charge in [-0.15, -0.1) is 0 Å². The maximum Gasteiger partial charge on any atom is 0.221 e. The highest BCUT2D eigenvalue weighted by Crippen LogP contribution is 2.40. The molecular formula is C13H19ClN2O. The fraction of sp³-hybridized carbons (Fsp3) is 0.692. The SMILES string of the molecule is CCC(C)(C)Oc1nc(C2CC2)nc(Cl)c1C. The summed E-state index contributed by atoms with van der Waals surface area (Å²) in [5, 5.41) is 0.517. The number of aromatic nitrogens is 2. The molecule has 0 aliphatic heterocycles. The normalized spacial score (nSPS) is 16.1. The topological polar surface area (TPSA) is 35.0 Å². The van der Waals surface area contributed by atoms with Crippen LogP contribution in [0.2, 0.25) is 5.15 Å². The Morgan fingerprint density at radius 3 is 2.53 bits per heavy atom. The van der Waals surface area contributed by atoms with Crippen LogP contribution in [0, 0.1) is 6.92 Å². The van der Waals surface area contributed by atoms with Gasteiger partial charge < -0.3 is 4.74 Å². The maximum atomic E-state index is 6.13. The van der Waals surface area contributed by atoms with Crippen LogP contribution in [-0.2, 0) is 0 Å². The van der Waals surface area contributed by atoms with Gasteiger partial charge in [0.15, 0.2) is 0 Å². The lowest BCUT2D eigenvalue weighted by molar-refractivity contribution is 0.0974. The van der Waals surface area contributed by atoms with E-state index in [1.54, 1.807) is 0 Å². The van der Waals surface area contributed by atoms with Crippen molar-refractivity contribution in [3.8, 4) is 5.88 Å². The summed E-state index contributed by atoms with van der Waals surface area (Å²) in [6.45, 7) is 8.11. The van der Waals surface area contributed by atoms with Crippen LogP contribution >= 0.6 is 11.6 Å². The zero-order chi connectivity index (χ0) is 12.6. The predicted molar refractivity (Wildman–Crippen MR) is 68.8 cm³/mol. The molecule has 0 spiro atoms. The average Bonchev–Trinajstić information content (AvgIpc) is 3.08. The molecule has 0 bridgehead atoms. The molecule has 1 heterocycles. The fourth-order valence-electron chi connectivity index (χ4n) is 1.44. The summed E-state index contributed by atoms with van der Waals surface area (Å²) >= 11 is 6.13. The maximum absolute atomic E-state index is 6.13. The van der Waals surface area contributed by atoms with Crippen molar-refractivity contribution in [1.29, 1.82) is 0 Å². The van der Waals surface area contributed by atoms with E-state index < -0.39 is 0 Å². The first-order valence-corrected chi connectivity index (χ1v) is 6.54. The Morgan fingerprint density at radius 1 is 1.35 bits per heavy atom. The minimum atomic E-state index is -0.219. The Kier molecular flexibility index (Phi) is 3.30. The quantitative estimate of drug-likeness (QED) is 0.765. The first kappa shape index (κ1) is 12.6. The molecule has 0 N–H and O–H groups in total. The summed E-state index contributed by atoms with van der Waals surface area (Å²) < 4.78 is 5.95. The molecule has 1 aromatic heterocycles. The molecule has 3 nitrogen and oxygen atoms in total. The molecule has 0 unspecified atom stereocenters. The van der Waals surface area contributed by atoms with Gasteiger partial charge >= 0.3 is 0 Å². The fourth-order valence-corrected chi connectivity index (χ4v) is 1.61. The summed E-state index contributed by atoms with van der Waals surface area (Å²) in [6.07, 6.45) is 3.25. The third-order valence-electron chi connectivity index (χ3n) is 3.23. The van der Waals surface area contributed by atoms with Gasteiger partial charge in [0.1, 0.15) is 16.6 Å². The average molecular weight is 255 g/mol. The molecular weight excluding hydrogens is 236 g/mol. The Morgan fingerprint density at radius 2 is 2.00 bits per heavy atom. The number of hydrogen-bond donors (Lipinski definition) is 0. The van der Waals surface area contributed by atoms with Crippen LogP contribution in [0.5, 0.6) is 5.88 Å². The van der Waals surface area contributed by atoms with Gasteiger partial charge in [0, 0.05) is 11.5 Å². The molecule has 1 aromatic rings. The summed E-state index contributed by atoms with van der Waals surface area (Å²) in [6, 6.07) is 0. The van der Waals surface area contributed by atoms with E-state index in [0.29, 0.717) is 17.0 Å². The van der Waals surface area contributed by atoms with E-state index in [1.807, 2.05) is 6.92 Å². The molecule has 4 heteroatoms. The highest BCUT2D eigenvalue weighted by atomic mass is 35.5. The monoisotopic (exact) mass is 254 g/mol. The summed E-state index contributed by atoms with van der Waals surface area (Å²) in [4.78, 5) is 8.84. The van der Waals surface area contributed by atoms with E-state index in [0.717, 1.165) is 30.7 Å². The van der Waals surface area contributed by atoms with Gasteiger partial charge in [-0.3, -0.25) is 0 Å². The van der Waals surface area contributed by atoms with E-state index in [1.165, 1.54) is 0 Å². The van der Waals surface area contributed by atoms with Gasteiger partial charge in [-0.25, -0.2) is 4.98 Å². The van der Waals surface area contributed by atoms with E-state index in [4.69, 9.17) is 16.3 Å². The lowest BCUT2D eigenvalue weighted by Gasteiger charge is -2.25. The lowest BCUT2D eigenvalue weighted by Crippen LogP contribution is -2.28. The van der Waals surface area contributed by atoms with Gasteiger partial charge in [0.25, 0.3) is 0 Å². The summed E-state index contributed by atoms with van der Waals surface area (Å²) in [5.74, 6) is 1.96. The van der Waals surface area contributed by atoms with Crippen LogP contribution in [0.25, 0.3) is 0 Å². The molecule has 1 saturated carbocycles. The third-order valence-corrected chi connectivity index (χ3v) is 3.59. The van der Waals surface area contributed by atoms with Crippen molar-refractivity contribution in [2.45, 2.75) is 58.5 Å².